The Balaban J connectivity index is 1.65. The summed E-state index contributed by atoms with van der Waals surface area (Å²) in [6.07, 6.45) is 4.36. The molecule has 2 fully saturated rings. The third-order valence-electron chi connectivity index (χ3n) is 4.93. The van der Waals surface area contributed by atoms with Crippen molar-refractivity contribution in [1.82, 2.24) is 25.2 Å². The molecular formula is C17H23N5O5S. The zero-order valence-electron chi connectivity index (χ0n) is 15.4. The van der Waals surface area contributed by atoms with Gasteiger partial charge in [-0.15, -0.1) is 0 Å². The maximum atomic E-state index is 13.0. The first-order chi connectivity index (χ1) is 13.3. The molecule has 0 spiro atoms. The molecule has 0 radical (unpaired) electrons. The van der Waals surface area contributed by atoms with Crippen molar-refractivity contribution in [2.45, 2.75) is 37.6 Å². The molecule has 152 valence electrons. The van der Waals surface area contributed by atoms with Gasteiger partial charge >= 0.3 is 6.03 Å². The maximum Gasteiger partial charge on any atom is 0.321 e. The number of hydrogen-bond acceptors (Lipinski definition) is 6. The van der Waals surface area contributed by atoms with E-state index in [9.17, 15) is 22.8 Å². The molecule has 28 heavy (non-hydrogen) atoms. The average Bonchev–Trinajstić information content (AvgIpc) is 2.66. The van der Waals surface area contributed by atoms with Crippen LogP contribution in [0.15, 0.2) is 24.5 Å². The van der Waals surface area contributed by atoms with Gasteiger partial charge in [0.2, 0.25) is 21.8 Å². The summed E-state index contributed by atoms with van der Waals surface area (Å²) in [6.45, 7) is 2.02. The highest BCUT2D eigenvalue weighted by Crippen LogP contribution is 2.24. The summed E-state index contributed by atoms with van der Waals surface area (Å²) in [5.41, 5.74) is 0.847. The van der Waals surface area contributed by atoms with Crippen molar-refractivity contribution >= 4 is 27.9 Å². The first-order valence-electron chi connectivity index (χ1n) is 9.06. The van der Waals surface area contributed by atoms with Crippen LogP contribution in [0.1, 0.15) is 25.3 Å². The van der Waals surface area contributed by atoms with Gasteiger partial charge in [0, 0.05) is 32.0 Å². The van der Waals surface area contributed by atoms with Gasteiger partial charge in [-0.1, -0.05) is 6.07 Å². The minimum Gasteiger partial charge on any atom is -0.352 e. The van der Waals surface area contributed by atoms with Gasteiger partial charge in [-0.2, -0.15) is 0 Å². The highest BCUT2D eigenvalue weighted by molar-refractivity contribution is 7.90. The molecule has 2 saturated heterocycles. The Bertz CT molecular complexity index is 860. The number of hydrogen-bond donors (Lipinski definition) is 3. The van der Waals surface area contributed by atoms with Crippen molar-refractivity contribution in [3.8, 4) is 0 Å². The molecule has 1 aromatic heterocycles. The molecule has 3 unspecified atom stereocenters. The van der Waals surface area contributed by atoms with Crippen LogP contribution in [-0.2, 0) is 26.2 Å². The van der Waals surface area contributed by atoms with Crippen LogP contribution in [0.4, 0.5) is 4.79 Å². The SMILES string of the molecule is CC1NC(=O)NC(=O)C1S(=O)(=O)N1CCCC(C(=O)NCc2cccnc2)C1. The lowest BCUT2D eigenvalue weighted by Gasteiger charge is -2.36. The van der Waals surface area contributed by atoms with E-state index in [1.807, 2.05) is 11.4 Å². The third kappa shape index (κ3) is 4.30. The fourth-order valence-corrected chi connectivity index (χ4v) is 5.51. The lowest BCUT2D eigenvalue weighted by atomic mass is 9.99. The smallest absolute Gasteiger partial charge is 0.321 e. The molecule has 2 aliphatic rings. The minimum atomic E-state index is -4.02. The maximum absolute atomic E-state index is 13.0. The van der Waals surface area contributed by atoms with Gasteiger partial charge in [0.15, 0.2) is 5.25 Å². The number of imide groups is 1. The molecule has 3 heterocycles. The number of sulfonamides is 1. The highest BCUT2D eigenvalue weighted by atomic mass is 32.2. The van der Waals surface area contributed by atoms with E-state index in [4.69, 9.17) is 0 Å². The first-order valence-corrected chi connectivity index (χ1v) is 10.6. The second-order valence-electron chi connectivity index (χ2n) is 6.99. The normalized spacial score (nSPS) is 26.2. The van der Waals surface area contributed by atoms with Gasteiger partial charge in [-0.3, -0.25) is 19.9 Å². The summed E-state index contributed by atoms with van der Waals surface area (Å²) in [5.74, 6) is -1.59. The number of rotatable bonds is 5. The van der Waals surface area contributed by atoms with E-state index < -0.39 is 39.2 Å². The van der Waals surface area contributed by atoms with E-state index in [1.165, 1.54) is 11.2 Å². The Morgan fingerprint density at radius 3 is 2.86 bits per heavy atom. The molecule has 3 rings (SSSR count). The van der Waals surface area contributed by atoms with Crippen molar-refractivity contribution < 1.29 is 22.8 Å². The van der Waals surface area contributed by atoms with Crippen LogP contribution in [0.25, 0.3) is 0 Å². The quantitative estimate of drug-likeness (QED) is 0.590. The van der Waals surface area contributed by atoms with Crippen molar-refractivity contribution in [1.29, 1.82) is 0 Å². The Hall–Kier alpha value is -2.53. The zero-order valence-corrected chi connectivity index (χ0v) is 16.2. The Labute approximate surface area is 163 Å². The lowest BCUT2D eigenvalue weighted by Crippen LogP contribution is -2.65. The largest absolute Gasteiger partial charge is 0.352 e. The van der Waals surface area contributed by atoms with E-state index in [0.29, 0.717) is 19.4 Å². The van der Waals surface area contributed by atoms with Crippen molar-refractivity contribution in [3.63, 3.8) is 0 Å². The Morgan fingerprint density at radius 1 is 1.39 bits per heavy atom. The molecule has 11 heteroatoms. The molecule has 10 nitrogen and oxygen atoms in total. The number of piperidine rings is 1. The van der Waals surface area contributed by atoms with Gasteiger partial charge in [0.25, 0.3) is 0 Å². The summed E-state index contributed by atoms with van der Waals surface area (Å²) >= 11 is 0. The molecule has 4 amide bonds. The lowest BCUT2D eigenvalue weighted by molar-refractivity contribution is -0.126. The number of nitrogens with zero attached hydrogens (tertiary/aromatic N) is 2. The van der Waals surface area contributed by atoms with Crippen LogP contribution in [0.3, 0.4) is 0 Å². The summed E-state index contributed by atoms with van der Waals surface area (Å²) in [6, 6.07) is 2.04. The second kappa shape index (κ2) is 8.23. The van der Waals surface area contributed by atoms with Crippen LogP contribution in [0, 0.1) is 5.92 Å². The van der Waals surface area contributed by atoms with E-state index in [1.54, 1.807) is 18.5 Å². The Kier molecular flexibility index (Phi) is 5.94. The van der Waals surface area contributed by atoms with Crippen molar-refractivity contribution in [2.75, 3.05) is 13.1 Å². The number of amides is 4. The van der Waals surface area contributed by atoms with Crippen molar-refractivity contribution in [3.05, 3.63) is 30.1 Å². The van der Waals surface area contributed by atoms with Crippen LogP contribution in [0.2, 0.25) is 0 Å². The fourth-order valence-electron chi connectivity index (χ4n) is 3.51. The molecule has 1 aromatic rings. The summed E-state index contributed by atoms with van der Waals surface area (Å²) in [5, 5.41) is 5.81. The summed E-state index contributed by atoms with van der Waals surface area (Å²) in [4.78, 5) is 40.0. The minimum absolute atomic E-state index is 0.00561. The topological polar surface area (TPSA) is 138 Å². The second-order valence-corrected chi connectivity index (χ2v) is 9.05. The van der Waals surface area contributed by atoms with Crippen LogP contribution >= 0.6 is 0 Å². The molecule has 3 N–H and O–H groups in total. The molecule has 3 atom stereocenters. The number of aromatic nitrogens is 1. The van der Waals surface area contributed by atoms with E-state index in [0.717, 1.165) is 5.56 Å². The molecule has 0 bridgehead atoms. The first kappa shape index (κ1) is 20.2. The van der Waals surface area contributed by atoms with Gasteiger partial charge in [0.1, 0.15) is 0 Å². The average molecular weight is 409 g/mol. The Morgan fingerprint density at radius 2 is 2.18 bits per heavy atom. The fraction of sp³-hybridized carbons (Fsp3) is 0.529. The number of carbonyl (C=O) groups excluding carboxylic acids is 3. The number of carbonyl (C=O) groups is 3. The molecule has 0 saturated carbocycles. The standard InChI is InChI=1S/C17H23N5O5S/c1-11-14(16(24)21-17(25)20-11)28(26,27)22-7-3-5-13(10-22)15(23)19-9-12-4-2-6-18-8-12/h2,4,6,8,11,13-14H,3,5,7,9-10H2,1H3,(H,19,23)(H2,20,21,24,25). The van der Waals surface area contributed by atoms with Crippen molar-refractivity contribution in [2.24, 2.45) is 5.92 Å². The molecule has 0 aliphatic carbocycles. The zero-order chi connectivity index (χ0) is 20.3. The van der Waals surface area contributed by atoms with Gasteiger partial charge < -0.3 is 10.6 Å². The molecule has 0 aromatic carbocycles. The monoisotopic (exact) mass is 409 g/mol. The number of nitrogens with one attached hydrogen (secondary N) is 3. The molecule has 2 aliphatic heterocycles. The predicted octanol–water partition coefficient (Wildman–Crippen LogP) is -0.664. The summed E-state index contributed by atoms with van der Waals surface area (Å²) < 4.78 is 27.2. The van der Waals surface area contributed by atoms with E-state index in [-0.39, 0.29) is 19.0 Å². The molecular weight excluding hydrogens is 386 g/mol. The summed E-state index contributed by atoms with van der Waals surface area (Å²) in [7, 11) is -4.02. The van der Waals surface area contributed by atoms with Crippen LogP contribution in [0.5, 0.6) is 0 Å². The van der Waals surface area contributed by atoms with E-state index in [2.05, 4.69) is 15.6 Å². The highest BCUT2D eigenvalue weighted by Gasteiger charge is 2.46. The number of urea groups is 1. The third-order valence-corrected chi connectivity index (χ3v) is 7.25. The van der Waals surface area contributed by atoms with Gasteiger partial charge in [-0.05, 0) is 31.4 Å². The van der Waals surface area contributed by atoms with Gasteiger partial charge in [-0.25, -0.2) is 17.5 Å². The predicted molar refractivity (Wildman–Crippen MR) is 99.2 cm³/mol. The van der Waals surface area contributed by atoms with Crippen LogP contribution in [-0.4, -0.2) is 59.9 Å². The van der Waals surface area contributed by atoms with E-state index >= 15 is 0 Å². The van der Waals surface area contributed by atoms with Gasteiger partial charge in [0.05, 0.1) is 12.0 Å². The number of pyridine rings is 1. The van der Waals surface area contributed by atoms with Crippen LogP contribution < -0.4 is 16.0 Å².